The Hall–Kier alpha value is -4.50. The topological polar surface area (TPSA) is 94.8 Å². The standard InChI is InChI=1S/C26H20N4O4S/c1-33-20-8-4-9-21(34-2)23(20)26(32)29-17-7-3-6-16(14-17)19-11-12-27-25-18(15-28-30(19)25)24(31)22-10-5-13-35-22/h3-15H,1-2H3,(H,29,32). The van der Waals surface area contributed by atoms with E-state index in [4.69, 9.17) is 9.47 Å². The Morgan fingerprint density at radius 3 is 2.46 bits per heavy atom. The van der Waals surface area contributed by atoms with E-state index in [1.54, 1.807) is 41.0 Å². The lowest BCUT2D eigenvalue weighted by molar-refractivity contribution is 0.101. The zero-order chi connectivity index (χ0) is 24.4. The van der Waals surface area contributed by atoms with Crippen LogP contribution in [0.25, 0.3) is 16.9 Å². The van der Waals surface area contributed by atoms with Gasteiger partial charge < -0.3 is 14.8 Å². The van der Waals surface area contributed by atoms with Crippen molar-refractivity contribution < 1.29 is 19.1 Å². The van der Waals surface area contributed by atoms with Crippen LogP contribution < -0.4 is 14.8 Å². The number of rotatable bonds is 7. The molecule has 35 heavy (non-hydrogen) atoms. The van der Waals surface area contributed by atoms with E-state index in [2.05, 4.69) is 15.4 Å². The molecule has 3 aromatic heterocycles. The second-order valence-electron chi connectivity index (χ2n) is 7.50. The number of ketones is 1. The number of nitrogens with zero attached hydrogens (tertiary/aromatic N) is 3. The number of hydrogen-bond acceptors (Lipinski definition) is 7. The number of hydrogen-bond donors (Lipinski definition) is 1. The number of carbonyl (C=O) groups is 2. The number of benzene rings is 2. The van der Waals surface area contributed by atoms with Gasteiger partial charge in [0.15, 0.2) is 5.65 Å². The lowest BCUT2D eigenvalue weighted by Gasteiger charge is -2.13. The average Bonchev–Trinajstić information content (AvgIpc) is 3.58. The van der Waals surface area contributed by atoms with Crippen LogP contribution in [0.2, 0.25) is 0 Å². The molecule has 5 aromatic rings. The maximum atomic E-state index is 13.1. The fourth-order valence-electron chi connectivity index (χ4n) is 3.84. The van der Waals surface area contributed by atoms with Crippen LogP contribution >= 0.6 is 11.3 Å². The quantitative estimate of drug-likeness (QED) is 0.328. The van der Waals surface area contributed by atoms with Gasteiger partial charge in [0, 0.05) is 17.4 Å². The molecule has 0 radical (unpaired) electrons. The van der Waals surface area contributed by atoms with E-state index in [0.29, 0.717) is 38.8 Å². The van der Waals surface area contributed by atoms with Crippen molar-refractivity contribution in [3.8, 4) is 22.8 Å². The predicted molar refractivity (Wildman–Crippen MR) is 134 cm³/mol. The highest BCUT2D eigenvalue weighted by atomic mass is 32.1. The number of aromatic nitrogens is 3. The Kier molecular flexibility index (Phi) is 5.99. The Morgan fingerprint density at radius 1 is 0.971 bits per heavy atom. The number of amides is 1. The van der Waals surface area contributed by atoms with E-state index in [1.165, 1.54) is 31.8 Å². The number of anilines is 1. The third kappa shape index (κ3) is 4.13. The largest absolute Gasteiger partial charge is 0.496 e. The van der Waals surface area contributed by atoms with Gasteiger partial charge in [-0.1, -0.05) is 24.3 Å². The van der Waals surface area contributed by atoms with Crippen molar-refractivity contribution in [2.75, 3.05) is 19.5 Å². The third-order valence-electron chi connectivity index (χ3n) is 5.46. The molecule has 0 aliphatic heterocycles. The highest BCUT2D eigenvalue weighted by Crippen LogP contribution is 2.30. The molecule has 0 saturated heterocycles. The highest BCUT2D eigenvalue weighted by Gasteiger charge is 2.20. The molecule has 0 atom stereocenters. The van der Waals surface area contributed by atoms with Crippen molar-refractivity contribution in [2.24, 2.45) is 0 Å². The molecule has 0 spiro atoms. The predicted octanol–water partition coefficient (Wildman–Crippen LogP) is 4.96. The highest BCUT2D eigenvalue weighted by molar-refractivity contribution is 7.12. The van der Waals surface area contributed by atoms with E-state index in [1.807, 2.05) is 35.7 Å². The van der Waals surface area contributed by atoms with Gasteiger partial charge in [0.1, 0.15) is 17.1 Å². The van der Waals surface area contributed by atoms with Crippen LogP contribution in [0.3, 0.4) is 0 Å². The SMILES string of the molecule is COc1cccc(OC)c1C(=O)Nc1cccc(-c2ccnc3c(C(=O)c4cccs4)cnn23)c1. The fourth-order valence-corrected chi connectivity index (χ4v) is 4.51. The van der Waals surface area contributed by atoms with Gasteiger partial charge in [-0.15, -0.1) is 11.3 Å². The molecule has 0 aliphatic carbocycles. The molecule has 5 rings (SSSR count). The number of nitrogens with one attached hydrogen (secondary N) is 1. The van der Waals surface area contributed by atoms with E-state index in [-0.39, 0.29) is 11.7 Å². The monoisotopic (exact) mass is 484 g/mol. The van der Waals surface area contributed by atoms with Gasteiger partial charge in [0.05, 0.1) is 36.6 Å². The zero-order valence-electron chi connectivity index (χ0n) is 18.9. The van der Waals surface area contributed by atoms with Gasteiger partial charge in [-0.3, -0.25) is 9.59 Å². The molecular weight excluding hydrogens is 464 g/mol. The van der Waals surface area contributed by atoms with Crippen molar-refractivity contribution in [2.45, 2.75) is 0 Å². The van der Waals surface area contributed by atoms with Gasteiger partial charge in [0.2, 0.25) is 5.78 Å². The van der Waals surface area contributed by atoms with Gasteiger partial charge in [-0.25, -0.2) is 9.50 Å². The summed E-state index contributed by atoms with van der Waals surface area (Å²) in [6.07, 6.45) is 3.18. The molecule has 1 amide bonds. The first-order valence-electron chi connectivity index (χ1n) is 10.6. The molecule has 0 fully saturated rings. The molecule has 1 N–H and O–H groups in total. The molecular formula is C26H20N4O4S. The summed E-state index contributed by atoms with van der Waals surface area (Å²) in [5.74, 6) is 0.340. The Balaban J connectivity index is 1.49. The van der Waals surface area contributed by atoms with Crippen molar-refractivity contribution in [1.82, 2.24) is 14.6 Å². The van der Waals surface area contributed by atoms with E-state index < -0.39 is 0 Å². The van der Waals surface area contributed by atoms with Gasteiger partial charge in [-0.05, 0) is 41.8 Å². The van der Waals surface area contributed by atoms with Crippen LogP contribution in [-0.4, -0.2) is 40.5 Å². The first-order chi connectivity index (χ1) is 17.1. The second kappa shape index (κ2) is 9.40. The van der Waals surface area contributed by atoms with Crippen molar-refractivity contribution in [3.63, 3.8) is 0 Å². The minimum absolute atomic E-state index is 0.119. The summed E-state index contributed by atoms with van der Waals surface area (Å²) in [4.78, 5) is 31.0. The van der Waals surface area contributed by atoms with E-state index in [9.17, 15) is 9.59 Å². The summed E-state index contributed by atoms with van der Waals surface area (Å²) in [5.41, 5.74) is 3.30. The number of thiophene rings is 1. The average molecular weight is 485 g/mol. The third-order valence-corrected chi connectivity index (χ3v) is 6.33. The fraction of sp³-hybridized carbons (Fsp3) is 0.0769. The van der Waals surface area contributed by atoms with Crippen LogP contribution in [0, 0.1) is 0 Å². The number of methoxy groups -OCH3 is 2. The van der Waals surface area contributed by atoms with Crippen molar-refractivity contribution in [1.29, 1.82) is 0 Å². The summed E-state index contributed by atoms with van der Waals surface area (Å²) < 4.78 is 12.3. The first kappa shape index (κ1) is 22.3. The van der Waals surface area contributed by atoms with Gasteiger partial charge in [0.25, 0.3) is 5.91 Å². The van der Waals surface area contributed by atoms with E-state index in [0.717, 1.165) is 11.3 Å². The Labute approximate surface area is 204 Å². The van der Waals surface area contributed by atoms with Crippen LogP contribution in [-0.2, 0) is 0 Å². The summed E-state index contributed by atoms with van der Waals surface area (Å²) in [7, 11) is 3.00. The summed E-state index contributed by atoms with van der Waals surface area (Å²) in [6, 6.07) is 17.9. The minimum Gasteiger partial charge on any atom is -0.496 e. The molecule has 0 unspecified atom stereocenters. The number of ether oxygens (including phenoxy) is 2. The van der Waals surface area contributed by atoms with Crippen LogP contribution in [0.5, 0.6) is 11.5 Å². The maximum Gasteiger partial charge on any atom is 0.263 e. The van der Waals surface area contributed by atoms with Gasteiger partial charge >= 0.3 is 0 Å². The summed E-state index contributed by atoms with van der Waals surface area (Å²) >= 11 is 1.38. The minimum atomic E-state index is -0.362. The summed E-state index contributed by atoms with van der Waals surface area (Å²) in [5, 5.41) is 9.20. The lowest BCUT2D eigenvalue weighted by Crippen LogP contribution is -2.14. The molecule has 8 nitrogen and oxygen atoms in total. The molecule has 2 aromatic carbocycles. The van der Waals surface area contributed by atoms with Crippen molar-refractivity contribution in [3.05, 3.63) is 94.4 Å². The van der Waals surface area contributed by atoms with Crippen LogP contribution in [0.1, 0.15) is 25.6 Å². The first-order valence-corrected chi connectivity index (χ1v) is 11.5. The lowest BCUT2D eigenvalue weighted by atomic mass is 10.1. The van der Waals surface area contributed by atoms with Gasteiger partial charge in [-0.2, -0.15) is 5.10 Å². The molecule has 9 heteroatoms. The second-order valence-corrected chi connectivity index (χ2v) is 8.45. The molecule has 0 saturated carbocycles. The van der Waals surface area contributed by atoms with Crippen molar-refractivity contribution >= 4 is 34.4 Å². The zero-order valence-corrected chi connectivity index (χ0v) is 19.7. The molecule has 0 bridgehead atoms. The molecule has 0 aliphatic rings. The number of fused-ring (bicyclic) bond motifs is 1. The van der Waals surface area contributed by atoms with E-state index >= 15 is 0 Å². The maximum absolute atomic E-state index is 13.1. The smallest absolute Gasteiger partial charge is 0.263 e. The molecule has 174 valence electrons. The Morgan fingerprint density at radius 2 is 1.74 bits per heavy atom. The van der Waals surface area contributed by atoms with Crippen LogP contribution in [0.15, 0.2) is 78.4 Å². The Bertz CT molecular complexity index is 1520. The normalized spacial score (nSPS) is 10.8. The summed E-state index contributed by atoms with van der Waals surface area (Å²) in [6.45, 7) is 0. The molecule has 3 heterocycles. The van der Waals surface area contributed by atoms with Crippen LogP contribution in [0.4, 0.5) is 5.69 Å². The number of carbonyl (C=O) groups excluding carboxylic acids is 2.